The normalized spacial score (nSPS) is 14.9. The van der Waals surface area contributed by atoms with Gasteiger partial charge >= 0.3 is 5.97 Å². The van der Waals surface area contributed by atoms with Crippen LogP contribution in [0.2, 0.25) is 5.02 Å². The second kappa shape index (κ2) is 9.67. The molecule has 31 heavy (non-hydrogen) atoms. The van der Waals surface area contributed by atoms with E-state index in [2.05, 4.69) is 15.9 Å². The van der Waals surface area contributed by atoms with E-state index < -0.39 is 5.97 Å². The molecule has 3 rings (SSSR count). The van der Waals surface area contributed by atoms with Gasteiger partial charge in [0.15, 0.2) is 16.6 Å². The molecule has 162 valence electrons. The van der Waals surface area contributed by atoms with Crippen molar-refractivity contribution in [1.82, 2.24) is 4.90 Å². The van der Waals surface area contributed by atoms with E-state index in [0.29, 0.717) is 32.2 Å². The van der Waals surface area contributed by atoms with Crippen LogP contribution in [-0.4, -0.2) is 49.8 Å². The first-order valence-corrected chi connectivity index (χ1v) is 10.5. The Bertz CT molecular complexity index is 1070. The molecule has 10 heteroatoms. The van der Waals surface area contributed by atoms with Crippen molar-refractivity contribution in [3.05, 3.63) is 57.2 Å². The number of amides is 1. The van der Waals surface area contributed by atoms with Crippen molar-refractivity contribution in [2.75, 3.05) is 32.8 Å². The van der Waals surface area contributed by atoms with Crippen LogP contribution in [0.5, 0.6) is 11.5 Å². The van der Waals surface area contributed by atoms with E-state index in [1.165, 1.54) is 31.1 Å². The number of hydrogen-bond acceptors (Lipinski definition) is 6. The number of benzene rings is 2. The van der Waals surface area contributed by atoms with E-state index in [-0.39, 0.29) is 23.3 Å². The predicted molar refractivity (Wildman–Crippen MR) is 125 cm³/mol. The smallest absolute Gasteiger partial charge is 0.325 e. The van der Waals surface area contributed by atoms with Crippen LogP contribution in [0.1, 0.15) is 5.56 Å². The number of anilines is 1. The average molecular weight is 526 g/mol. The van der Waals surface area contributed by atoms with Crippen molar-refractivity contribution in [1.29, 1.82) is 0 Å². The van der Waals surface area contributed by atoms with Gasteiger partial charge in [-0.3, -0.25) is 14.5 Å². The zero-order valence-electron chi connectivity index (χ0n) is 16.8. The van der Waals surface area contributed by atoms with Gasteiger partial charge in [0, 0.05) is 5.02 Å². The van der Waals surface area contributed by atoms with Gasteiger partial charge in [-0.2, -0.15) is 0 Å². The number of thiocarbonyl (C=S) groups is 1. The Morgan fingerprint density at radius 1 is 1.16 bits per heavy atom. The number of ether oxygens (including phenoxy) is 3. The molecule has 0 unspecified atom stereocenters. The summed E-state index contributed by atoms with van der Waals surface area (Å²) < 4.78 is 16.1. The summed E-state index contributed by atoms with van der Waals surface area (Å²) in [5.41, 5.74) is 1.39. The Balaban J connectivity index is 2.10. The molecule has 0 saturated carbocycles. The van der Waals surface area contributed by atoms with Gasteiger partial charge in [-0.05, 0) is 76.2 Å². The van der Waals surface area contributed by atoms with Crippen molar-refractivity contribution in [2.45, 2.75) is 0 Å². The maximum atomic E-state index is 13.3. The quantitative estimate of drug-likeness (QED) is 0.317. The lowest BCUT2D eigenvalue weighted by atomic mass is 10.1. The summed E-state index contributed by atoms with van der Waals surface area (Å²) in [5.74, 6) is 0.0765. The zero-order valence-corrected chi connectivity index (χ0v) is 20.0. The van der Waals surface area contributed by atoms with Crippen LogP contribution >= 0.6 is 39.7 Å². The molecule has 0 radical (unpaired) electrons. The van der Waals surface area contributed by atoms with Gasteiger partial charge in [0.25, 0.3) is 5.91 Å². The van der Waals surface area contributed by atoms with Crippen LogP contribution in [0.25, 0.3) is 6.08 Å². The first-order valence-electron chi connectivity index (χ1n) is 8.92. The number of halogens is 2. The molecule has 1 saturated heterocycles. The van der Waals surface area contributed by atoms with E-state index in [0.717, 1.165) is 0 Å². The molecule has 0 aliphatic carbocycles. The summed E-state index contributed by atoms with van der Waals surface area (Å²) in [4.78, 5) is 28.1. The highest BCUT2D eigenvalue weighted by molar-refractivity contribution is 9.10. The van der Waals surface area contributed by atoms with E-state index >= 15 is 0 Å². The minimum absolute atomic E-state index is 0.156. The standard InChI is InChI=1S/C21H18BrClN2O5S/c1-28-17-10-12(8-15(22)19(17)30-3)9-16-20(27)25(14-6-4-13(23)5-7-14)21(31)24(16)11-18(26)29-2/h4-10H,11H2,1-3H3/b16-9-. The first kappa shape index (κ1) is 23.1. The van der Waals surface area contributed by atoms with E-state index in [9.17, 15) is 9.59 Å². The fraction of sp³-hybridized carbons (Fsp3) is 0.190. The van der Waals surface area contributed by atoms with Crippen LogP contribution in [0.4, 0.5) is 5.69 Å². The SMILES string of the molecule is COC(=O)CN1C(=S)N(c2ccc(Cl)cc2)C(=O)/C1=C/c1cc(Br)c(OC)c(OC)c1. The van der Waals surface area contributed by atoms with E-state index in [1.54, 1.807) is 42.5 Å². The Morgan fingerprint density at radius 3 is 2.42 bits per heavy atom. The molecule has 1 aliphatic rings. The van der Waals surface area contributed by atoms with Crippen molar-refractivity contribution in [3.63, 3.8) is 0 Å². The summed E-state index contributed by atoms with van der Waals surface area (Å²) in [7, 11) is 4.32. The Kier molecular flexibility index (Phi) is 7.19. The fourth-order valence-electron chi connectivity index (χ4n) is 3.02. The third-order valence-electron chi connectivity index (χ3n) is 4.49. The molecule has 1 aliphatic heterocycles. The van der Waals surface area contributed by atoms with Crippen LogP contribution in [0.3, 0.4) is 0 Å². The third-order valence-corrected chi connectivity index (χ3v) is 5.74. The Labute approximate surface area is 198 Å². The maximum Gasteiger partial charge on any atom is 0.325 e. The number of carbonyl (C=O) groups excluding carboxylic acids is 2. The van der Waals surface area contributed by atoms with Crippen LogP contribution in [-0.2, 0) is 14.3 Å². The highest BCUT2D eigenvalue weighted by Gasteiger charge is 2.40. The van der Waals surface area contributed by atoms with E-state index in [4.69, 9.17) is 38.0 Å². The summed E-state index contributed by atoms with van der Waals surface area (Å²) >= 11 is 14.9. The third kappa shape index (κ3) is 4.68. The lowest BCUT2D eigenvalue weighted by Crippen LogP contribution is -2.35. The van der Waals surface area contributed by atoms with Crippen LogP contribution < -0.4 is 14.4 Å². The number of carbonyl (C=O) groups is 2. The van der Waals surface area contributed by atoms with Gasteiger partial charge in [-0.15, -0.1) is 0 Å². The van der Waals surface area contributed by atoms with Gasteiger partial charge in [0.2, 0.25) is 0 Å². The number of nitrogens with zero attached hydrogens (tertiary/aromatic N) is 2. The van der Waals surface area contributed by atoms with E-state index in [1.807, 2.05) is 0 Å². The van der Waals surface area contributed by atoms with Crippen molar-refractivity contribution in [3.8, 4) is 11.5 Å². The topological polar surface area (TPSA) is 68.3 Å². The van der Waals surface area contributed by atoms with Crippen molar-refractivity contribution >= 4 is 68.5 Å². The monoisotopic (exact) mass is 524 g/mol. The van der Waals surface area contributed by atoms with Gasteiger partial charge in [-0.25, -0.2) is 0 Å². The lowest BCUT2D eigenvalue weighted by Gasteiger charge is -2.19. The van der Waals surface area contributed by atoms with Gasteiger partial charge < -0.3 is 19.1 Å². The molecule has 2 aromatic carbocycles. The minimum Gasteiger partial charge on any atom is -0.493 e. The number of methoxy groups -OCH3 is 3. The molecule has 1 heterocycles. The molecule has 0 spiro atoms. The molecule has 0 bridgehead atoms. The van der Waals surface area contributed by atoms with Crippen LogP contribution in [0, 0.1) is 0 Å². The second-order valence-corrected chi connectivity index (χ2v) is 7.99. The van der Waals surface area contributed by atoms with Gasteiger partial charge in [0.05, 0.1) is 31.5 Å². The molecular formula is C21H18BrClN2O5S. The average Bonchev–Trinajstić information content (AvgIpc) is 2.97. The fourth-order valence-corrected chi connectivity index (χ4v) is 4.12. The maximum absolute atomic E-state index is 13.3. The molecule has 0 atom stereocenters. The first-order chi connectivity index (χ1) is 14.8. The molecule has 1 amide bonds. The molecule has 0 aromatic heterocycles. The predicted octanol–water partition coefficient (Wildman–Crippen LogP) is 4.27. The molecular weight excluding hydrogens is 508 g/mol. The molecule has 1 fully saturated rings. The molecule has 0 N–H and O–H groups in total. The van der Waals surface area contributed by atoms with Gasteiger partial charge in [-0.1, -0.05) is 11.6 Å². The number of esters is 1. The zero-order chi connectivity index (χ0) is 22.7. The summed E-state index contributed by atoms with van der Waals surface area (Å²) in [6.45, 7) is -0.217. The second-order valence-electron chi connectivity index (χ2n) is 6.33. The van der Waals surface area contributed by atoms with Gasteiger partial charge in [0.1, 0.15) is 12.2 Å². The number of rotatable bonds is 6. The Morgan fingerprint density at radius 2 is 1.84 bits per heavy atom. The molecule has 2 aromatic rings. The molecule has 7 nitrogen and oxygen atoms in total. The minimum atomic E-state index is -0.535. The Hall–Kier alpha value is -2.62. The summed E-state index contributed by atoms with van der Waals surface area (Å²) in [5, 5.41) is 0.683. The summed E-state index contributed by atoms with van der Waals surface area (Å²) in [6.07, 6.45) is 1.63. The van der Waals surface area contributed by atoms with Crippen molar-refractivity contribution in [2.24, 2.45) is 0 Å². The largest absolute Gasteiger partial charge is 0.493 e. The highest BCUT2D eigenvalue weighted by atomic mass is 79.9. The highest BCUT2D eigenvalue weighted by Crippen LogP contribution is 2.38. The van der Waals surface area contributed by atoms with Crippen LogP contribution in [0.15, 0.2) is 46.6 Å². The number of hydrogen-bond donors (Lipinski definition) is 0. The summed E-state index contributed by atoms with van der Waals surface area (Å²) in [6, 6.07) is 10.2. The lowest BCUT2D eigenvalue weighted by molar-refractivity contribution is -0.140. The van der Waals surface area contributed by atoms with Crippen molar-refractivity contribution < 1.29 is 23.8 Å².